The zero-order valence-electron chi connectivity index (χ0n) is 19.7. The normalized spacial score (nSPS) is 10.9. The molecule has 3 aromatic rings. The van der Waals surface area contributed by atoms with Crippen LogP contribution in [-0.2, 0) is 11.3 Å². The molecule has 0 saturated carbocycles. The number of anilines is 2. The quantitative estimate of drug-likeness (QED) is 0.351. The highest BCUT2D eigenvalue weighted by atomic mass is 16.6. The number of benzene rings is 2. The zero-order chi connectivity index (χ0) is 25.7. The molecular weight excluding hydrogens is 454 g/mol. The molecule has 0 unspecified atom stereocenters. The van der Waals surface area contributed by atoms with Gasteiger partial charge in [0.05, 0.1) is 11.5 Å². The molecule has 0 aliphatic heterocycles. The first kappa shape index (κ1) is 25.2. The number of aryl methyl sites for hydroxylation is 1. The van der Waals surface area contributed by atoms with Crippen molar-refractivity contribution in [2.24, 2.45) is 5.92 Å². The minimum absolute atomic E-state index is 0.0659. The molecule has 0 atom stereocenters. The number of carbonyl (C=O) groups excluding carboxylic acids is 1. The molecule has 0 aliphatic carbocycles. The Labute approximate surface area is 200 Å². The summed E-state index contributed by atoms with van der Waals surface area (Å²) in [6.07, 6.45) is 0. The summed E-state index contributed by atoms with van der Waals surface area (Å²) in [5.41, 5.74) is 5.76. The van der Waals surface area contributed by atoms with E-state index in [-0.39, 0.29) is 41.9 Å². The van der Waals surface area contributed by atoms with E-state index >= 15 is 0 Å². The summed E-state index contributed by atoms with van der Waals surface area (Å²) >= 11 is 0. The van der Waals surface area contributed by atoms with Gasteiger partial charge in [-0.3, -0.25) is 29.3 Å². The first-order valence-electron chi connectivity index (χ1n) is 10.9. The Hall–Kier alpha value is -4.41. The van der Waals surface area contributed by atoms with Gasteiger partial charge in [0.1, 0.15) is 5.82 Å². The van der Waals surface area contributed by atoms with E-state index in [1.807, 2.05) is 19.9 Å². The monoisotopic (exact) mass is 481 g/mol. The summed E-state index contributed by atoms with van der Waals surface area (Å²) in [5.74, 6) is -0.945. The van der Waals surface area contributed by atoms with Gasteiger partial charge in [-0.1, -0.05) is 50.2 Å². The number of ether oxygens (including phenoxy) is 1. The molecule has 1 amide bonds. The molecule has 0 bridgehead atoms. The summed E-state index contributed by atoms with van der Waals surface area (Å²) in [6.45, 7) is 5.04. The fourth-order valence-electron chi connectivity index (χ4n) is 3.55. The minimum atomic E-state index is -0.813. The lowest BCUT2D eigenvalue weighted by Gasteiger charge is -2.26. The third kappa shape index (κ3) is 5.94. The van der Waals surface area contributed by atoms with Crippen molar-refractivity contribution in [3.8, 4) is 5.75 Å². The van der Waals surface area contributed by atoms with E-state index < -0.39 is 28.7 Å². The Kier molecular flexibility index (Phi) is 7.69. The van der Waals surface area contributed by atoms with E-state index in [2.05, 4.69) is 4.98 Å². The Morgan fingerprint density at radius 3 is 2.51 bits per heavy atom. The maximum atomic E-state index is 13.2. The van der Waals surface area contributed by atoms with E-state index in [1.165, 1.54) is 16.7 Å². The highest BCUT2D eigenvalue weighted by Gasteiger charge is 2.26. The zero-order valence-corrected chi connectivity index (χ0v) is 19.7. The molecule has 3 rings (SSSR count). The van der Waals surface area contributed by atoms with Crippen LogP contribution in [0.25, 0.3) is 0 Å². The Balaban J connectivity index is 1.98. The maximum absolute atomic E-state index is 13.2. The van der Waals surface area contributed by atoms with E-state index in [0.29, 0.717) is 5.56 Å². The molecule has 1 aromatic heterocycles. The fourth-order valence-corrected chi connectivity index (χ4v) is 3.55. The minimum Gasteiger partial charge on any atom is -0.477 e. The summed E-state index contributed by atoms with van der Waals surface area (Å²) < 4.78 is 6.68. The van der Waals surface area contributed by atoms with Crippen LogP contribution in [0.2, 0.25) is 0 Å². The number of nitrogens with two attached hydrogens (primary N) is 1. The van der Waals surface area contributed by atoms with Gasteiger partial charge < -0.3 is 15.4 Å². The molecule has 11 nitrogen and oxygen atoms in total. The summed E-state index contributed by atoms with van der Waals surface area (Å²) in [4.78, 5) is 52.6. The standard InChI is InChI=1S/C24H27N5O6/c1-15(2)12-27(20(30)14-35-19-11-16(3)9-10-18(19)29(33)34)21-22(25)28(24(32)26-23(21)31)13-17-7-5-4-6-8-17/h4-11,15H,12-14,25H2,1-3H3,(H,26,31,32). The van der Waals surface area contributed by atoms with Gasteiger partial charge in [0, 0.05) is 12.6 Å². The van der Waals surface area contributed by atoms with Crippen LogP contribution in [0.4, 0.5) is 17.2 Å². The van der Waals surface area contributed by atoms with Crippen LogP contribution in [-0.4, -0.2) is 33.5 Å². The average molecular weight is 482 g/mol. The van der Waals surface area contributed by atoms with Crippen molar-refractivity contribution in [2.45, 2.75) is 27.3 Å². The van der Waals surface area contributed by atoms with Crippen molar-refractivity contribution in [3.05, 3.63) is 90.6 Å². The van der Waals surface area contributed by atoms with E-state index in [4.69, 9.17) is 10.5 Å². The van der Waals surface area contributed by atoms with Crippen molar-refractivity contribution >= 4 is 23.1 Å². The number of rotatable bonds is 9. The number of nitrogen functional groups attached to an aromatic ring is 1. The van der Waals surface area contributed by atoms with Crippen LogP contribution in [0.15, 0.2) is 58.1 Å². The SMILES string of the molecule is Cc1ccc([N+](=O)[O-])c(OCC(=O)N(CC(C)C)c2c(N)n(Cc3ccccc3)c(=O)[nH]c2=O)c1. The van der Waals surface area contributed by atoms with Gasteiger partial charge >= 0.3 is 11.4 Å². The molecule has 0 spiro atoms. The number of hydrogen-bond acceptors (Lipinski definition) is 7. The molecule has 0 aliphatic rings. The smallest absolute Gasteiger partial charge is 0.330 e. The van der Waals surface area contributed by atoms with Crippen LogP contribution in [0.5, 0.6) is 5.75 Å². The lowest BCUT2D eigenvalue weighted by Crippen LogP contribution is -2.44. The average Bonchev–Trinajstić information content (AvgIpc) is 2.79. The lowest BCUT2D eigenvalue weighted by molar-refractivity contribution is -0.385. The molecule has 184 valence electrons. The summed E-state index contributed by atoms with van der Waals surface area (Å²) in [7, 11) is 0. The molecule has 1 heterocycles. The van der Waals surface area contributed by atoms with Gasteiger partial charge in [0.2, 0.25) is 0 Å². The number of carbonyl (C=O) groups is 1. The molecule has 0 radical (unpaired) electrons. The first-order valence-corrected chi connectivity index (χ1v) is 10.9. The molecule has 3 N–H and O–H groups in total. The third-order valence-corrected chi connectivity index (χ3v) is 5.18. The second kappa shape index (κ2) is 10.7. The van der Waals surface area contributed by atoms with Crippen LogP contribution in [0.3, 0.4) is 0 Å². The molecule has 11 heteroatoms. The van der Waals surface area contributed by atoms with Crippen LogP contribution in [0.1, 0.15) is 25.0 Å². The van der Waals surface area contributed by atoms with Crippen molar-refractivity contribution < 1.29 is 14.5 Å². The van der Waals surface area contributed by atoms with Gasteiger partial charge in [0.15, 0.2) is 18.0 Å². The Morgan fingerprint density at radius 2 is 1.89 bits per heavy atom. The lowest BCUT2D eigenvalue weighted by atomic mass is 10.2. The highest BCUT2D eigenvalue weighted by Crippen LogP contribution is 2.28. The van der Waals surface area contributed by atoms with Crippen molar-refractivity contribution in [3.63, 3.8) is 0 Å². The van der Waals surface area contributed by atoms with Crippen molar-refractivity contribution in [2.75, 3.05) is 23.8 Å². The molecular formula is C24H27N5O6. The van der Waals surface area contributed by atoms with Gasteiger partial charge in [-0.25, -0.2) is 4.79 Å². The number of nitrogens with one attached hydrogen (secondary N) is 1. The van der Waals surface area contributed by atoms with Crippen LogP contribution >= 0.6 is 0 Å². The van der Waals surface area contributed by atoms with E-state index in [0.717, 1.165) is 10.5 Å². The number of aromatic nitrogens is 2. The highest BCUT2D eigenvalue weighted by molar-refractivity contribution is 5.96. The summed E-state index contributed by atoms with van der Waals surface area (Å²) in [5, 5.41) is 11.3. The maximum Gasteiger partial charge on any atom is 0.330 e. The predicted octanol–water partition coefficient (Wildman–Crippen LogP) is 2.45. The fraction of sp³-hybridized carbons (Fsp3) is 0.292. The summed E-state index contributed by atoms with van der Waals surface area (Å²) in [6, 6.07) is 13.4. The molecule has 0 fully saturated rings. The second-order valence-electron chi connectivity index (χ2n) is 8.48. The van der Waals surface area contributed by atoms with E-state index in [9.17, 15) is 24.5 Å². The van der Waals surface area contributed by atoms with Crippen LogP contribution < -0.4 is 26.6 Å². The third-order valence-electron chi connectivity index (χ3n) is 5.18. The number of nitro benzene ring substituents is 1. The van der Waals surface area contributed by atoms with E-state index in [1.54, 1.807) is 37.3 Å². The Morgan fingerprint density at radius 1 is 1.20 bits per heavy atom. The molecule has 2 aromatic carbocycles. The number of aromatic amines is 1. The Bertz CT molecular complexity index is 1350. The van der Waals surface area contributed by atoms with Gasteiger partial charge in [-0.2, -0.15) is 0 Å². The van der Waals surface area contributed by atoms with Crippen LogP contribution in [0, 0.1) is 23.0 Å². The largest absolute Gasteiger partial charge is 0.477 e. The number of nitro groups is 1. The topological polar surface area (TPSA) is 154 Å². The first-order chi connectivity index (χ1) is 16.6. The number of nitrogens with zero attached hydrogens (tertiary/aromatic N) is 3. The van der Waals surface area contributed by atoms with Gasteiger partial charge in [0.25, 0.3) is 11.5 Å². The number of hydrogen-bond donors (Lipinski definition) is 2. The van der Waals surface area contributed by atoms with Crippen molar-refractivity contribution in [1.29, 1.82) is 0 Å². The number of H-pyrrole nitrogens is 1. The predicted molar refractivity (Wildman–Crippen MR) is 132 cm³/mol. The van der Waals surface area contributed by atoms with Crippen molar-refractivity contribution in [1.82, 2.24) is 9.55 Å². The second-order valence-corrected chi connectivity index (χ2v) is 8.48. The molecule has 0 saturated heterocycles. The molecule has 35 heavy (non-hydrogen) atoms. The van der Waals surface area contributed by atoms with Gasteiger partial charge in [-0.05, 0) is 30.0 Å². The number of amides is 1. The van der Waals surface area contributed by atoms with Gasteiger partial charge in [-0.15, -0.1) is 0 Å².